The van der Waals surface area contributed by atoms with Crippen LogP contribution >= 0.6 is 24.4 Å². The van der Waals surface area contributed by atoms with Crippen molar-refractivity contribution in [2.45, 2.75) is 6.42 Å². The molecule has 27 heavy (non-hydrogen) atoms. The number of benzene rings is 2. The van der Waals surface area contributed by atoms with E-state index in [9.17, 15) is 0 Å². The van der Waals surface area contributed by atoms with E-state index in [2.05, 4.69) is 37.4 Å². The molecule has 0 bridgehead atoms. The minimum absolute atomic E-state index is 0.333. The summed E-state index contributed by atoms with van der Waals surface area (Å²) < 4.78 is 0. The van der Waals surface area contributed by atoms with Gasteiger partial charge >= 0.3 is 0 Å². The monoisotopic (exact) mass is 396 g/mol. The smallest absolute Gasteiger partial charge is 0.171 e. The third-order valence-corrected chi connectivity index (χ3v) is 4.50. The molecular weight excluding hydrogens is 372 g/mol. The van der Waals surface area contributed by atoms with Crippen molar-refractivity contribution in [1.82, 2.24) is 0 Å². The van der Waals surface area contributed by atoms with Crippen LogP contribution in [-0.2, 0) is 6.42 Å². The molecule has 2 rings (SSSR count). The lowest BCUT2D eigenvalue weighted by Gasteiger charge is -2.22. The molecule has 0 radical (unpaired) electrons. The number of nitrogens with two attached hydrogens (primary N) is 2. The number of hydrogen-bond donors (Lipinski definition) is 2. The van der Waals surface area contributed by atoms with Gasteiger partial charge in [0, 0.05) is 24.5 Å². The van der Waals surface area contributed by atoms with Gasteiger partial charge in [-0.15, -0.1) is 13.2 Å². The van der Waals surface area contributed by atoms with Crippen molar-refractivity contribution < 1.29 is 0 Å². The van der Waals surface area contributed by atoms with E-state index in [-0.39, 0.29) is 0 Å². The van der Waals surface area contributed by atoms with Gasteiger partial charge < -0.3 is 21.3 Å². The number of thiocarbonyl (C=S) groups is 2. The number of rotatable bonds is 8. The Labute approximate surface area is 171 Å². The van der Waals surface area contributed by atoms with E-state index in [0.29, 0.717) is 23.3 Å². The van der Waals surface area contributed by atoms with Crippen LogP contribution in [0, 0.1) is 0 Å². The zero-order valence-corrected chi connectivity index (χ0v) is 16.8. The molecule has 0 aromatic heterocycles. The summed E-state index contributed by atoms with van der Waals surface area (Å²) in [5.74, 6) is 0. The minimum atomic E-state index is 0.333. The Hall–Kier alpha value is -2.70. The van der Waals surface area contributed by atoms with Gasteiger partial charge in [-0.25, -0.2) is 0 Å². The summed E-state index contributed by atoms with van der Waals surface area (Å²) in [7, 11) is 0. The summed E-state index contributed by atoms with van der Waals surface area (Å²) in [6.07, 6.45) is 4.37. The molecule has 0 saturated heterocycles. The highest BCUT2D eigenvalue weighted by atomic mass is 32.1. The lowest BCUT2D eigenvalue weighted by atomic mass is 10.0. The molecule has 6 heteroatoms. The van der Waals surface area contributed by atoms with Crippen LogP contribution in [0.4, 0.5) is 11.4 Å². The second-order valence-electron chi connectivity index (χ2n) is 5.98. The van der Waals surface area contributed by atoms with Crippen molar-refractivity contribution in [2.75, 3.05) is 22.9 Å². The Morgan fingerprint density at radius 1 is 0.741 bits per heavy atom. The lowest BCUT2D eigenvalue weighted by molar-refractivity contribution is 1.12. The highest BCUT2D eigenvalue weighted by molar-refractivity contribution is 7.80. The third kappa shape index (κ3) is 5.64. The van der Waals surface area contributed by atoms with Gasteiger partial charge in [-0.2, -0.15) is 0 Å². The first kappa shape index (κ1) is 20.6. The first-order valence-electron chi connectivity index (χ1n) is 8.50. The quantitative estimate of drug-likeness (QED) is 0.523. The zero-order chi connectivity index (χ0) is 19.8. The number of anilines is 2. The molecule has 0 heterocycles. The molecule has 0 aliphatic heterocycles. The van der Waals surface area contributed by atoms with Crippen molar-refractivity contribution in [3.63, 3.8) is 0 Å². The Morgan fingerprint density at radius 2 is 1.07 bits per heavy atom. The van der Waals surface area contributed by atoms with E-state index in [1.165, 1.54) is 11.1 Å². The molecular formula is C21H24N4S2. The molecule has 2 aromatic carbocycles. The van der Waals surface area contributed by atoms with Gasteiger partial charge in [0.15, 0.2) is 10.2 Å². The van der Waals surface area contributed by atoms with Crippen molar-refractivity contribution in [2.24, 2.45) is 11.5 Å². The van der Waals surface area contributed by atoms with Gasteiger partial charge in [0.25, 0.3) is 0 Å². The molecule has 140 valence electrons. The second kappa shape index (κ2) is 9.85. The zero-order valence-electron chi connectivity index (χ0n) is 15.2. The average Bonchev–Trinajstić information content (AvgIpc) is 2.65. The molecule has 4 N–H and O–H groups in total. The summed E-state index contributed by atoms with van der Waals surface area (Å²) in [6, 6.07) is 16.4. The normalized spacial score (nSPS) is 10.1. The molecule has 0 aliphatic rings. The van der Waals surface area contributed by atoms with Crippen LogP contribution in [0.15, 0.2) is 73.8 Å². The van der Waals surface area contributed by atoms with Crippen LogP contribution in [0.25, 0.3) is 0 Å². The summed E-state index contributed by atoms with van der Waals surface area (Å²) in [6.45, 7) is 8.65. The summed E-state index contributed by atoms with van der Waals surface area (Å²) in [5, 5.41) is 0.667. The highest BCUT2D eigenvalue weighted by Gasteiger charge is 2.09. The predicted octanol–water partition coefficient (Wildman–Crippen LogP) is 3.75. The Kier molecular flexibility index (Phi) is 7.52. The average molecular weight is 397 g/mol. The van der Waals surface area contributed by atoms with E-state index in [1.54, 1.807) is 12.2 Å². The fourth-order valence-corrected chi connectivity index (χ4v) is 3.09. The molecule has 0 amide bonds. The molecule has 0 aliphatic carbocycles. The fraction of sp³-hybridized carbons (Fsp3) is 0.143. The standard InChI is InChI=1S/C21H24N4S2/c1-3-13-24(20(22)26)18-9-5-16(6-10-18)15-17-7-11-19(12-8-17)25(14-4-2)21(23)27/h3-12H,1-2,13-15H2,(H2,22,26)(H2,23,27). The van der Waals surface area contributed by atoms with Crippen LogP contribution in [0.1, 0.15) is 11.1 Å². The fourth-order valence-electron chi connectivity index (χ4n) is 2.73. The number of hydrogen-bond acceptors (Lipinski definition) is 2. The van der Waals surface area contributed by atoms with Crippen LogP contribution in [0.5, 0.6) is 0 Å². The van der Waals surface area contributed by atoms with Crippen LogP contribution in [-0.4, -0.2) is 23.3 Å². The second-order valence-corrected chi connectivity index (χ2v) is 6.82. The highest BCUT2D eigenvalue weighted by Crippen LogP contribution is 2.20. The minimum Gasteiger partial charge on any atom is -0.376 e. The van der Waals surface area contributed by atoms with Gasteiger partial charge in [0.05, 0.1) is 0 Å². The number of nitrogens with zero attached hydrogens (tertiary/aromatic N) is 2. The maximum atomic E-state index is 5.78. The summed E-state index contributed by atoms with van der Waals surface area (Å²) >= 11 is 10.2. The Balaban J connectivity index is 2.11. The molecule has 0 fully saturated rings. The molecule has 0 unspecified atom stereocenters. The predicted molar refractivity (Wildman–Crippen MR) is 124 cm³/mol. The lowest BCUT2D eigenvalue weighted by Crippen LogP contribution is -2.35. The topological polar surface area (TPSA) is 58.5 Å². The van der Waals surface area contributed by atoms with E-state index in [1.807, 2.05) is 34.1 Å². The molecule has 2 aromatic rings. The molecule has 0 spiro atoms. The molecule has 0 saturated carbocycles. The Bertz CT molecular complexity index is 744. The maximum Gasteiger partial charge on any atom is 0.171 e. The molecule has 0 atom stereocenters. The van der Waals surface area contributed by atoms with Crippen LogP contribution in [0.3, 0.4) is 0 Å². The van der Waals surface area contributed by atoms with E-state index in [4.69, 9.17) is 35.9 Å². The van der Waals surface area contributed by atoms with E-state index < -0.39 is 0 Å². The Morgan fingerprint density at radius 3 is 1.33 bits per heavy atom. The van der Waals surface area contributed by atoms with Gasteiger partial charge in [-0.3, -0.25) is 0 Å². The van der Waals surface area contributed by atoms with Crippen molar-refractivity contribution in [3.8, 4) is 0 Å². The van der Waals surface area contributed by atoms with Crippen LogP contribution < -0.4 is 21.3 Å². The van der Waals surface area contributed by atoms with Crippen LogP contribution in [0.2, 0.25) is 0 Å². The first-order chi connectivity index (χ1) is 13.0. The van der Waals surface area contributed by atoms with E-state index >= 15 is 0 Å². The van der Waals surface area contributed by atoms with Crippen molar-refractivity contribution >= 4 is 46.0 Å². The van der Waals surface area contributed by atoms with Gasteiger partial charge in [0.2, 0.25) is 0 Å². The van der Waals surface area contributed by atoms with Gasteiger partial charge in [-0.05, 0) is 66.2 Å². The molecule has 4 nitrogen and oxygen atoms in total. The van der Waals surface area contributed by atoms with Crippen molar-refractivity contribution in [3.05, 3.63) is 85.0 Å². The SMILES string of the molecule is C=CCN(C(N)=S)c1ccc(Cc2ccc(N(CC=C)C(N)=S)cc2)cc1. The maximum absolute atomic E-state index is 5.78. The van der Waals surface area contributed by atoms with E-state index in [0.717, 1.165) is 17.8 Å². The largest absolute Gasteiger partial charge is 0.376 e. The van der Waals surface area contributed by atoms with Gasteiger partial charge in [-0.1, -0.05) is 36.4 Å². The summed E-state index contributed by atoms with van der Waals surface area (Å²) in [4.78, 5) is 3.68. The first-order valence-corrected chi connectivity index (χ1v) is 9.31. The summed E-state index contributed by atoms with van der Waals surface area (Å²) in [5.41, 5.74) is 15.9. The van der Waals surface area contributed by atoms with Gasteiger partial charge in [0.1, 0.15) is 0 Å². The third-order valence-electron chi connectivity index (χ3n) is 4.06. The van der Waals surface area contributed by atoms with Crippen molar-refractivity contribution in [1.29, 1.82) is 0 Å².